The third kappa shape index (κ3) is 3.77. The van der Waals surface area contributed by atoms with E-state index < -0.39 is 0 Å². The number of hydrogen-bond acceptors (Lipinski definition) is 7. The monoisotopic (exact) mass is 428 g/mol. The zero-order chi connectivity index (χ0) is 21.4. The van der Waals surface area contributed by atoms with Gasteiger partial charge in [0, 0.05) is 28.3 Å². The Balaban J connectivity index is 1.56. The molecule has 0 spiro atoms. The van der Waals surface area contributed by atoms with Crippen molar-refractivity contribution in [2.24, 2.45) is 0 Å². The molecule has 0 bridgehead atoms. The summed E-state index contributed by atoms with van der Waals surface area (Å²) < 4.78 is 6.65. The summed E-state index contributed by atoms with van der Waals surface area (Å²) in [6.07, 6.45) is 0. The van der Waals surface area contributed by atoms with Gasteiger partial charge in [0.25, 0.3) is 0 Å². The van der Waals surface area contributed by atoms with Crippen molar-refractivity contribution in [3.8, 4) is 22.6 Å². The first-order valence-electron chi connectivity index (χ1n) is 9.81. The Kier molecular flexibility index (Phi) is 4.91. The minimum atomic E-state index is 0.589. The molecule has 3 aromatic heterocycles. The highest BCUT2D eigenvalue weighted by atomic mass is 32.2. The van der Waals surface area contributed by atoms with Crippen LogP contribution >= 0.6 is 11.8 Å². The van der Waals surface area contributed by atoms with Crippen molar-refractivity contribution in [2.75, 3.05) is 5.84 Å². The fourth-order valence-corrected chi connectivity index (χ4v) is 4.15. The summed E-state index contributed by atoms with van der Waals surface area (Å²) in [7, 11) is 0. The van der Waals surface area contributed by atoms with Gasteiger partial charge in [-0.1, -0.05) is 64.9 Å². The highest BCUT2D eigenvalue weighted by Gasteiger charge is 2.17. The van der Waals surface area contributed by atoms with Gasteiger partial charge in [0.05, 0.1) is 16.9 Å². The lowest BCUT2D eigenvalue weighted by Crippen LogP contribution is -2.12. The summed E-state index contributed by atoms with van der Waals surface area (Å²) in [4.78, 5) is 4.85. The number of pyridine rings is 1. The fraction of sp³-hybridized carbons (Fsp3) is 0.130. The number of nitrogens with zero attached hydrogens (tertiary/aromatic N) is 5. The predicted octanol–water partition coefficient (Wildman–Crippen LogP) is 4.77. The van der Waals surface area contributed by atoms with Crippen LogP contribution in [0.4, 0.5) is 0 Å². The first-order valence-corrected chi connectivity index (χ1v) is 10.8. The van der Waals surface area contributed by atoms with E-state index in [0.29, 0.717) is 16.7 Å². The van der Waals surface area contributed by atoms with Crippen LogP contribution in [0.15, 0.2) is 70.3 Å². The average Bonchev–Trinajstić information content (AvgIpc) is 3.37. The van der Waals surface area contributed by atoms with Crippen molar-refractivity contribution in [3.63, 3.8) is 0 Å². The molecule has 0 saturated heterocycles. The second-order valence-corrected chi connectivity index (χ2v) is 8.27. The van der Waals surface area contributed by atoms with E-state index in [-0.39, 0.29) is 0 Å². The molecular weight excluding hydrogens is 408 g/mol. The summed E-state index contributed by atoms with van der Waals surface area (Å²) in [6, 6.07) is 20.2. The Labute approximate surface area is 183 Å². The van der Waals surface area contributed by atoms with Crippen molar-refractivity contribution in [1.29, 1.82) is 0 Å². The third-order valence-corrected chi connectivity index (χ3v) is 5.97. The molecule has 0 radical (unpaired) electrons. The van der Waals surface area contributed by atoms with Crippen molar-refractivity contribution in [3.05, 3.63) is 77.7 Å². The van der Waals surface area contributed by atoms with Crippen LogP contribution in [0.2, 0.25) is 0 Å². The summed E-state index contributed by atoms with van der Waals surface area (Å²) in [6.45, 7) is 3.93. The molecule has 7 nitrogen and oxygen atoms in total. The molecule has 0 fully saturated rings. The van der Waals surface area contributed by atoms with Crippen molar-refractivity contribution in [2.45, 2.75) is 24.8 Å². The molecule has 0 atom stereocenters. The zero-order valence-electron chi connectivity index (χ0n) is 17.1. The number of fused-ring (bicyclic) bond motifs is 1. The minimum Gasteiger partial charge on any atom is -0.361 e. The summed E-state index contributed by atoms with van der Waals surface area (Å²) in [5, 5.41) is 14.3. The Hall–Kier alpha value is -3.65. The molecule has 5 rings (SSSR count). The quantitative estimate of drug-likeness (QED) is 0.318. The molecule has 0 unspecified atom stereocenters. The number of nitrogen functional groups attached to an aromatic ring is 1. The number of aromatic nitrogens is 5. The van der Waals surface area contributed by atoms with Crippen LogP contribution in [0.25, 0.3) is 33.5 Å². The number of rotatable bonds is 5. The van der Waals surface area contributed by atoms with Crippen LogP contribution < -0.4 is 5.84 Å². The maximum absolute atomic E-state index is 6.41. The standard InChI is InChI=1S/C23H20N6OS/c1-14-7-9-16(10-8-14)21-12-19(18-5-3-4-6-20(18)25-21)22-26-27-23(29(22)24)31-13-17-11-15(2)30-28-17/h3-12H,13,24H2,1-2H3. The van der Waals surface area contributed by atoms with Gasteiger partial charge < -0.3 is 10.4 Å². The second-order valence-electron chi connectivity index (χ2n) is 7.33. The Morgan fingerprint density at radius 1 is 1.00 bits per heavy atom. The topological polar surface area (TPSA) is 95.7 Å². The van der Waals surface area contributed by atoms with E-state index in [4.69, 9.17) is 15.3 Å². The van der Waals surface area contributed by atoms with Gasteiger partial charge in [-0.3, -0.25) is 0 Å². The number of para-hydroxylation sites is 1. The SMILES string of the molecule is Cc1ccc(-c2cc(-c3nnc(SCc4cc(C)on4)n3N)c3ccccc3n2)cc1. The molecule has 31 heavy (non-hydrogen) atoms. The summed E-state index contributed by atoms with van der Waals surface area (Å²) >= 11 is 1.46. The van der Waals surface area contributed by atoms with E-state index in [1.165, 1.54) is 22.0 Å². The summed E-state index contributed by atoms with van der Waals surface area (Å²) in [5.41, 5.74) is 5.71. The van der Waals surface area contributed by atoms with Gasteiger partial charge in [-0.05, 0) is 26.0 Å². The third-order valence-electron chi connectivity index (χ3n) is 4.99. The van der Waals surface area contributed by atoms with E-state index in [2.05, 4.69) is 46.5 Å². The first kappa shape index (κ1) is 19.3. The molecule has 5 aromatic rings. The molecule has 0 aliphatic heterocycles. The van der Waals surface area contributed by atoms with E-state index in [1.54, 1.807) is 0 Å². The number of nitrogens with two attached hydrogens (primary N) is 1. The lowest BCUT2D eigenvalue weighted by Gasteiger charge is -2.10. The molecule has 0 amide bonds. The van der Waals surface area contributed by atoms with Gasteiger partial charge in [-0.2, -0.15) is 0 Å². The van der Waals surface area contributed by atoms with Gasteiger partial charge in [0.15, 0.2) is 5.82 Å². The number of hydrogen-bond donors (Lipinski definition) is 1. The average molecular weight is 429 g/mol. The molecule has 8 heteroatoms. The van der Waals surface area contributed by atoms with Crippen molar-refractivity contribution in [1.82, 2.24) is 25.0 Å². The van der Waals surface area contributed by atoms with E-state index in [0.717, 1.165) is 39.2 Å². The predicted molar refractivity (Wildman–Crippen MR) is 122 cm³/mol. The highest BCUT2D eigenvalue weighted by molar-refractivity contribution is 7.98. The molecule has 0 aliphatic rings. The second kappa shape index (κ2) is 7.88. The molecule has 2 N–H and O–H groups in total. The molecule has 2 aromatic carbocycles. The normalized spacial score (nSPS) is 11.3. The Bertz CT molecular complexity index is 1370. The van der Waals surface area contributed by atoms with Crippen molar-refractivity contribution >= 4 is 22.7 Å². The molecule has 0 saturated carbocycles. The lowest BCUT2D eigenvalue weighted by atomic mass is 10.0. The first-order chi connectivity index (χ1) is 15.1. The van der Waals surface area contributed by atoms with Gasteiger partial charge in [0.1, 0.15) is 5.76 Å². The maximum atomic E-state index is 6.41. The van der Waals surface area contributed by atoms with Crippen LogP contribution in [-0.4, -0.2) is 25.0 Å². The van der Waals surface area contributed by atoms with E-state index in [9.17, 15) is 0 Å². The van der Waals surface area contributed by atoms with Gasteiger partial charge in [-0.15, -0.1) is 10.2 Å². The van der Waals surface area contributed by atoms with Crippen LogP contribution in [0.1, 0.15) is 17.0 Å². The largest absolute Gasteiger partial charge is 0.361 e. The molecule has 0 aliphatic carbocycles. The van der Waals surface area contributed by atoms with Crippen LogP contribution in [0, 0.1) is 13.8 Å². The van der Waals surface area contributed by atoms with Crippen LogP contribution in [-0.2, 0) is 5.75 Å². The van der Waals surface area contributed by atoms with Gasteiger partial charge >= 0.3 is 0 Å². The lowest BCUT2D eigenvalue weighted by molar-refractivity contribution is 0.393. The minimum absolute atomic E-state index is 0.589. The molecule has 3 heterocycles. The van der Waals surface area contributed by atoms with E-state index in [1.807, 2.05) is 43.3 Å². The van der Waals surface area contributed by atoms with E-state index >= 15 is 0 Å². The number of thioether (sulfide) groups is 1. The molecular formula is C23H20N6OS. The fourth-order valence-electron chi connectivity index (χ4n) is 3.42. The van der Waals surface area contributed by atoms with Crippen LogP contribution in [0.3, 0.4) is 0 Å². The zero-order valence-corrected chi connectivity index (χ0v) is 17.9. The Morgan fingerprint density at radius 3 is 2.58 bits per heavy atom. The maximum Gasteiger partial charge on any atom is 0.210 e. The Morgan fingerprint density at radius 2 is 1.81 bits per heavy atom. The number of benzene rings is 2. The van der Waals surface area contributed by atoms with Crippen molar-refractivity contribution < 1.29 is 4.52 Å². The highest BCUT2D eigenvalue weighted by Crippen LogP contribution is 2.32. The van der Waals surface area contributed by atoms with Crippen LogP contribution in [0.5, 0.6) is 0 Å². The smallest absolute Gasteiger partial charge is 0.210 e. The number of aryl methyl sites for hydroxylation is 2. The van der Waals surface area contributed by atoms with Gasteiger partial charge in [-0.25, -0.2) is 9.66 Å². The molecule has 154 valence electrons. The van der Waals surface area contributed by atoms with Gasteiger partial charge in [0.2, 0.25) is 5.16 Å². The summed E-state index contributed by atoms with van der Waals surface area (Å²) in [5.74, 6) is 8.37.